The number of amides is 2. The van der Waals surface area contributed by atoms with Crippen LogP contribution in [0.5, 0.6) is 11.5 Å². The molecule has 2 fully saturated rings. The van der Waals surface area contributed by atoms with Crippen molar-refractivity contribution in [1.82, 2.24) is 0 Å². The van der Waals surface area contributed by atoms with Gasteiger partial charge in [-0.15, -0.1) is 0 Å². The maximum Gasteiger partial charge on any atom is 0.335 e. The molecule has 9 nitrogen and oxygen atoms in total. The molecule has 9 heteroatoms. The molecule has 51 heavy (non-hydrogen) atoms. The first-order valence-corrected chi connectivity index (χ1v) is 16.9. The van der Waals surface area contributed by atoms with Gasteiger partial charge in [-0.25, -0.2) is 4.79 Å². The Hall–Kier alpha value is -6.09. The number of hydrogen-bond acceptors (Lipinski definition) is 7. The molecule has 3 aliphatic carbocycles. The minimum Gasteiger partial charge on any atom is -0.508 e. The molecule has 4 aromatic carbocycles. The van der Waals surface area contributed by atoms with Gasteiger partial charge in [0.2, 0.25) is 11.8 Å². The van der Waals surface area contributed by atoms with Crippen LogP contribution < -0.4 is 9.64 Å². The molecule has 2 amide bonds. The summed E-state index contributed by atoms with van der Waals surface area (Å²) in [6.45, 7) is 0. The van der Waals surface area contributed by atoms with E-state index in [1.165, 1.54) is 43.5 Å². The minimum absolute atomic E-state index is 0.0645. The summed E-state index contributed by atoms with van der Waals surface area (Å²) >= 11 is 0. The first-order valence-electron chi connectivity index (χ1n) is 16.9. The second kappa shape index (κ2) is 12.1. The number of carboxylic acids is 1. The summed E-state index contributed by atoms with van der Waals surface area (Å²) in [6, 6.07) is 28.7. The van der Waals surface area contributed by atoms with Crippen molar-refractivity contribution in [2.24, 2.45) is 23.7 Å². The quantitative estimate of drug-likeness (QED) is 0.184. The monoisotopic (exact) mass is 679 g/mol. The van der Waals surface area contributed by atoms with E-state index in [4.69, 9.17) is 4.74 Å². The van der Waals surface area contributed by atoms with Gasteiger partial charge in [-0.2, -0.15) is 0 Å². The summed E-state index contributed by atoms with van der Waals surface area (Å²) in [5.41, 5.74) is 1.01. The van der Waals surface area contributed by atoms with E-state index in [1.54, 1.807) is 36.4 Å². The predicted octanol–water partition coefficient (Wildman–Crippen LogP) is 6.13. The number of phenols is 1. The number of allylic oxidation sites excluding steroid dienone is 4. The number of aromatic hydroxyl groups is 1. The minimum atomic E-state index is -1.53. The van der Waals surface area contributed by atoms with Crippen molar-refractivity contribution in [1.29, 1.82) is 0 Å². The Kier molecular flexibility index (Phi) is 7.59. The van der Waals surface area contributed by atoms with E-state index in [0.29, 0.717) is 28.0 Å². The van der Waals surface area contributed by atoms with Crippen LogP contribution in [0.25, 0.3) is 5.57 Å². The summed E-state index contributed by atoms with van der Waals surface area (Å²) in [5, 5.41) is 21.3. The first kappa shape index (κ1) is 32.1. The van der Waals surface area contributed by atoms with Crippen LogP contribution in [0.15, 0.2) is 121 Å². The number of rotatable bonds is 6. The number of benzene rings is 4. The molecule has 1 aliphatic heterocycles. The number of imide groups is 1. The average molecular weight is 680 g/mol. The lowest BCUT2D eigenvalue weighted by atomic mass is 9.44. The number of ether oxygens (including phenoxy) is 1. The third-order valence-corrected chi connectivity index (χ3v) is 11.3. The number of carbonyl (C=O) groups is 5. The number of fused-ring (bicyclic) bond motifs is 4. The van der Waals surface area contributed by atoms with Crippen molar-refractivity contribution in [2.45, 2.75) is 24.2 Å². The summed E-state index contributed by atoms with van der Waals surface area (Å²) in [6.07, 6.45) is 3.59. The molecule has 0 radical (unpaired) electrons. The van der Waals surface area contributed by atoms with Crippen molar-refractivity contribution >= 4 is 40.6 Å². The van der Waals surface area contributed by atoms with E-state index in [0.717, 1.165) is 4.90 Å². The van der Waals surface area contributed by atoms with Gasteiger partial charge >= 0.3 is 5.97 Å². The number of Topliss-reactive ketones (excluding diaryl/α,β-unsaturated/α-hetero) is 1. The molecule has 0 bridgehead atoms. The van der Waals surface area contributed by atoms with Crippen LogP contribution in [0, 0.1) is 23.7 Å². The smallest absolute Gasteiger partial charge is 0.335 e. The second-order valence-electron chi connectivity index (χ2n) is 13.5. The summed E-state index contributed by atoms with van der Waals surface area (Å²) < 4.78 is 5.83. The fourth-order valence-corrected chi connectivity index (χ4v) is 9.22. The Balaban J connectivity index is 1.37. The average Bonchev–Trinajstić information content (AvgIpc) is 3.41. The molecule has 4 aliphatic rings. The summed E-state index contributed by atoms with van der Waals surface area (Å²) in [4.78, 5) is 71.7. The van der Waals surface area contributed by atoms with Crippen molar-refractivity contribution < 1.29 is 38.9 Å². The van der Waals surface area contributed by atoms with Crippen LogP contribution in [0.3, 0.4) is 0 Å². The zero-order chi connectivity index (χ0) is 35.6. The Morgan fingerprint density at radius 1 is 0.843 bits per heavy atom. The van der Waals surface area contributed by atoms with Gasteiger partial charge in [0.15, 0.2) is 11.6 Å². The number of ketones is 2. The molecule has 0 spiro atoms. The van der Waals surface area contributed by atoms with Gasteiger partial charge in [0.05, 0.1) is 35.6 Å². The molecule has 0 aromatic heterocycles. The van der Waals surface area contributed by atoms with Crippen LogP contribution >= 0.6 is 0 Å². The van der Waals surface area contributed by atoms with E-state index < -0.39 is 52.8 Å². The molecule has 1 heterocycles. The lowest BCUT2D eigenvalue weighted by molar-refractivity contribution is -0.135. The fourth-order valence-electron chi connectivity index (χ4n) is 9.22. The molecule has 4 aromatic rings. The maximum absolute atomic E-state index is 15.2. The predicted molar refractivity (Wildman–Crippen MR) is 187 cm³/mol. The second-order valence-corrected chi connectivity index (χ2v) is 13.5. The molecule has 6 unspecified atom stereocenters. The highest BCUT2D eigenvalue weighted by Crippen LogP contribution is 2.65. The number of hydrogen-bond donors (Lipinski definition) is 2. The van der Waals surface area contributed by atoms with Gasteiger partial charge in [0, 0.05) is 23.0 Å². The van der Waals surface area contributed by atoms with E-state index in [-0.39, 0.29) is 47.0 Å². The van der Waals surface area contributed by atoms with Gasteiger partial charge in [-0.1, -0.05) is 84.4 Å². The van der Waals surface area contributed by atoms with Gasteiger partial charge in [-0.3, -0.25) is 24.1 Å². The lowest BCUT2D eigenvalue weighted by Gasteiger charge is -2.55. The Morgan fingerprint density at radius 3 is 2.25 bits per heavy atom. The molecule has 8 rings (SSSR count). The van der Waals surface area contributed by atoms with Crippen molar-refractivity contribution in [2.75, 3.05) is 12.0 Å². The molecule has 2 N–H and O–H groups in total. The highest BCUT2D eigenvalue weighted by atomic mass is 16.5. The Labute approximate surface area is 293 Å². The number of carbonyl (C=O) groups excluding carboxylic acids is 4. The van der Waals surface area contributed by atoms with Gasteiger partial charge < -0.3 is 14.9 Å². The van der Waals surface area contributed by atoms with Crippen LogP contribution in [0.4, 0.5) is 5.69 Å². The fraction of sp³-hybridized carbons (Fsp3) is 0.214. The highest BCUT2D eigenvalue weighted by molar-refractivity contribution is 6.32. The van der Waals surface area contributed by atoms with Crippen LogP contribution in [-0.2, 0) is 24.6 Å². The molecular formula is C42H33NO8. The topological polar surface area (TPSA) is 138 Å². The highest BCUT2D eigenvalue weighted by Gasteiger charge is 2.66. The molecular weight excluding hydrogens is 646 g/mol. The third-order valence-electron chi connectivity index (χ3n) is 11.3. The largest absolute Gasteiger partial charge is 0.508 e. The number of aromatic carboxylic acids is 1. The SMILES string of the molecule is COc1cccc(O)c1C1C2=CCC3C(=O)N(c4cccc(C(=O)O)c4)C(=O)C3C2CC2C(=O)C(c3ccccc3)=CC(=O)C21c1ccccc1. The Bertz CT molecular complexity index is 2210. The third kappa shape index (κ3) is 4.64. The zero-order valence-electron chi connectivity index (χ0n) is 27.6. The van der Waals surface area contributed by atoms with Gasteiger partial charge in [0.1, 0.15) is 11.5 Å². The molecule has 254 valence electrons. The number of nitrogens with zero attached hydrogens (tertiary/aromatic N) is 1. The molecule has 6 atom stereocenters. The first-order chi connectivity index (χ1) is 24.7. The number of carboxylic acid groups (broad SMARTS) is 1. The maximum atomic E-state index is 15.2. The Morgan fingerprint density at radius 2 is 1.55 bits per heavy atom. The number of anilines is 1. The van der Waals surface area contributed by atoms with Crippen molar-refractivity contribution in [3.8, 4) is 11.5 Å². The van der Waals surface area contributed by atoms with Crippen LogP contribution in [-0.4, -0.2) is 46.7 Å². The normalized spacial score (nSPS) is 26.8. The number of phenolic OH excluding ortho intramolecular Hbond substituents is 1. The van der Waals surface area contributed by atoms with E-state index in [9.17, 15) is 24.6 Å². The molecule has 1 saturated heterocycles. The van der Waals surface area contributed by atoms with E-state index >= 15 is 9.59 Å². The summed E-state index contributed by atoms with van der Waals surface area (Å²) in [5.74, 6) is -6.80. The van der Waals surface area contributed by atoms with Gasteiger partial charge in [-0.05, 0) is 66.3 Å². The molecule has 1 saturated carbocycles. The van der Waals surface area contributed by atoms with Crippen LogP contribution in [0.1, 0.15) is 45.8 Å². The lowest BCUT2D eigenvalue weighted by Crippen LogP contribution is -2.58. The van der Waals surface area contributed by atoms with Crippen LogP contribution in [0.2, 0.25) is 0 Å². The van der Waals surface area contributed by atoms with Crippen molar-refractivity contribution in [3.05, 3.63) is 143 Å². The van der Waals surface area contributed by atoms with E-state index in [2.05, 4.69) is 0 Å². The summed E-state index contributed by atoms with van der Waals surface area (Å²) in [7, 11) is 1.47. The number of methoxy groups -OCH3 is 1. The van der Waals surface area contributed by atoms with E-state index in [1.807, 2.05) is 42.5 Å². The standard InChI is InChI=1S/C42H33NO8/c1-51-33-17-9-16-32(44)36(33)37-27-18-19-28-35(40(48)43(39(28)47)26-15-8-12-24(20-26)41(49)50)30(27)21-31-38(46)29(23-10-4-2-5-11-23)22-34(45)42(31,37)25-13-6-3-7-14-25/h2-18,20,22,28,30-31,35,37,44H,19,21H2,1H3,(H,49,50). The zero-order valence-corrected chi connectivity index (χ0v) is 27.6. The van der Waals surface area contributed by atoms with Gasteiger partial charge in [0.25, 0.3) is 0 Å². The van der Waals surface area contributed by atoms with Crippen molar-refractivity contribution in [3.63, 3.8) is 0 Å².